The monoisotopic (exact) mass is 332 g/mol. The largest absolute Gasteiger partial charge is 0.342 e. The molecule has 1 aliphatic carbocycles. The summed E-state index contributed by atoms with van der Waals surface area (Å²) in [6.07, 6.45) is 6.44. The Kier molecular flexibility index (Phi) is 5.48. The van der Waals surface area contributed by atoms with E-state index in [9.17, 15) is 14.0 Å². The maximum absolute atomic E-state index is 13.2. The number of carbonyl (C=O) groups is 2. The second kappa shape index (κ2) is 7.77. The standard InChI is InChI=1S/C19H25FN2O2/c20-16-5-4-6-17(13-16)21-18(23)14-7-9-15(10-8-14)19(24)22-11-2-1-3-12-22/h4-6,13-15H,1-3,7-12H2,(H,21,23). The summed E-state index contributed by atoms with van der Waals surface area (Å²) in [4.78, 5) is 26.9. The SMILES string of the molecule is O=C(Nc1cccc(F)c1)C1CCC(C(=O)N2CCCCC2)CC1. The van der Waals surface area contributed by atoms with Crippen LogP contribution < -0.4 is 5.32 Å². The van der Waals surface area contributed by atoms with E-state index < -0.39 is 0 Å². The maximum atomic E-state index is 13.2. The highest BCUT2D eigenvalue weighted by atomic mass is 19.1. The van der Waals surface area contributed by atoms with Crippen LogP contribution >= 0.6 is 0 Å². The molecule has 1 aromatic carbocycles. The molecule has 1 aromatic rings. The smallest absolute Gasteiger partial charge is 0.227 e. The number of nitrogens with zero attached hydrogens (tertiary/aromatic N) is 1. The van der Waals surface area contributed by atoms with Crippen LogP contribution in [0.2, 0.25) is 0 Å². The molecule has 130 valence electrons. The van der Waals surface area contributed by atoms with Crippen molar-refractivity contribution < 1.29 is 14.0 Å². The first-order chi connectivity index (χ1) is 11.6. The lowest BCUT2D eigenvalue weighted by atomic mass is 9.80. The zero-order valence-electron chi connectivity index (χ0n) is 14.0. The molecule has 24 heavy (non-hydrogen) atoms. The third-order valence-electron chi connectivity index (χ3n) is 5.21. The van der Waals surface area contributed by atoms with E-state index in [4.69, 9.17) is 0 Å². The second-order valence-corrected chi connectivity index (χ2v) is 6.93. The van der Waals surface area contributed by atoms with Gasteiger partial charge in [0.25, 0.3) is 0 Å². The summed E-state index contributed by atoms with van der Waals surface area (Å²) in [7, 11) is 0. The third kappa shape index (κ3) is 4.13. The highest BCUT2D eigenvalue weighted by Gasteiger charge is 2.32. The molecule has 2 fully saturated rings. The van der Waals surface area contributed by atoms with Gasteiger partial charge in [0.2, 0.25) is 11.8 Å². The lowest BCUT2D eigenvalue weighted by molar-refractivity contribution is -0.138. The number of hydrogen-bond donors (Lipinski definition) is 1. The number of rotatable bonds is 3. The maximum Gasteiger partial charge on any atom is 0.227 e. The van der Waals surface area contributed by atoms with E-state index in [0.29, 0.717) is 5.69 Å². The molecule has 0 radical (unpaired) electrons. The Morgan fingerprint density at radius 2 is 1.67 bits per heavy atom. The number of amides is 2. The van der Waals surface area contributed by atoms with Crippen molar-refractivity contribution in [2.24, 2.45) is 11.8 Å². The van der Waals surface area contributed by atoms with Gasteiger partial charge in [-0.25, -0.2) is 4.39 Å². The van der Waals surface area contributed by atoms with Crippen molar-refractivity contribution in [2.75, 3.05) is 18.4 Å². The van der Waals surface area contributed by atoms with E-state index in [1.165, 1.54) is 18.6 Å². The van der Waals surface area contributed by atoms with Gasteiger partial charge in [-0.2, -0.15) is 0 Å². The molecule has 4 nitrogen and oxygen atoms in total. The van der Waals surface area contributed by atoms with Gasteiger partial charge in [0.05, 0.1) is 0 Å². The molecule has 0 bridgehead atoms. The second-order valence-electron chi connectivity index (χ2n) is 6.93. The molecule has 1 N–H and O–H groups in total. The van der Waals surface area contributed by atoms with Crippen LogP contribution in [0.4, 0.5) is 10.1 Å². The normalized spacial score (nSPS) is 24.5. The van der Waals surface area contributed by atoms with E-state index >= 15 is 0 Å². The van der Waals surface area contributed by atoms with Gasteiger partial charge >= 0.3 is 0 Å². The molecule has 5 heteroatoms. The van der Waals surface area contributed by atoms with Crippen molar-refractivity contribution in [3.8, 4) is 0 Å². The minimum atomic E-state index is -0.358. The van der Waals surface area contributed by atoms with E-state index in [1.807, 2.05) is 4.90 Å². The number of halogens is 1. The summed E-state index contributed by atoms with van der Waals surface area (Å²) in [6, 6.07) is 5.95. The lowest BCUT2D eigenvalue weighted by Gasteiger charge is -2.33. The summed E-state index contributed by atoms with van der Waals surface area (Å²) in [5.41, 5.74) is 0.492. The van der Waals surface area contributed by atoms with Crippen LogP contribution in [0, 0.1) is 17.7 Å². The zero-order chi connectivity index (χ0) is 16.9. The Morgan fingerprint density at radius 3 is 2.33 bits per heavy atom. The van der Waals surface area contributed by atoms with E-state index in [-0.39, 0.29) is 29.5 Å². The molecule has 2 amide bonds. The number of benzene rings is 1. The Balaban J connectivity index is 1.49. The fourth-order valence-electron chi connectivity index (χ4n) is 3.79. The van der Waals surface area contributed by atoms with Crippen LogP contribution in [-0.2, 0) is 9.59 Å². The molecule has 1 heterocycles. The molecule has 1 saturated carbocycles. The van der Waals surface area contributed by atoms with E-state index in [1.54, 1.807) is 12.1 Å². The van der Waals surface area contributed by atoms with Crippen LogP contribution in [-0.4, -0.2) is 29.8 Å². The summed E-state index contributed by atoms with van der Waals surface area (Å²) in [5, 5.41) is 2.79. The quantitative estimate of drug-likeness (QED) is 0.920. The van der Waals surface area contributed by atoms with Gasteiger partial charge in [-0.1, -0.05) is 6.07 Å². The van der Waals surface area contributed by atoms with Crippen molar-refractivity contribution in [1.29, 1.82) is 0 Å². The van der Waals surface area contributed by atoms with E-state index in [0.717, 1.165) is 51.6 Å². The first kappa shape index (κ1) is 16.9. The number of nitrogens with one attached hydrogen (secondary N) is 1. The Hall–Kier alpha value is -1.91. The fourth-order valence-corrected chi connectivity index (χ4v) is 3.79. The van der Waals surface area contributed by atoms with Crippen molar-refractivity contribution >= 4 is 17.5 Å². The topological polar surface area (TPSA) is 49.4 Å². The Bertz CT molecular complexity index is 591. The molecule has 0 aromatic heterocycles. The summed E-state index contributed by atoms with van der Waals surface area (Å²) < 4.78 is 13.2. The van der Waals surface area contributed by atoms with Crippen LogP contribution in [0.15, 0.2) is 24.3 Å². The van der Waals surface area contributed by atoms with Gasteiger partial charge < -0.3 is 10.2 Å². The minimum Gasteiger partial charge on any atom is -0.342 e. The van der Waals surface area contributed by atoms with Crippen LogP contribution in [0.3, 0.4) is 0 Å². The van der Waals surface area contributed by atoms with Crippen LogP contribution in [0.1, 0.15) is 44.9 Å². The van der Waals surface area contributed by atoms with Crippen molar-refractivity contribution in [3.05, 3.63) is 30.1 Å². The molecule has 1 aliphatic heterocycles. The van der Waals surface area contributed by atoms with Crippen LogP contribution in [0.5, 0.6) is 0 Å². The molecule has 2 aliphatic rings. The number of likely N-dealkylation sites (tertiary alicyclic amines) is 1. The van der Waals surface area contributed by atoms with E-state index in [2.05, 4.69) is 5.32 Å². The van der Waals surface area contributed by atoms with Crippen molar-refractivity contribution in [3.63, 3.8) is 0 Å². The first-order valence-electron chi connectivity index (χ1n) is 8.99. The molecular formula is C19H25FN2O2. The predicted molar refractivity (Wildman–Crippen MR) is 90.9 cm³/mol. The summed E-state index contributed by atoms with van der Waals surface area (Å²) in [5.74, 6) is -0.160. The molecule has 0 spiro atoms. The van der Waals surface area contributed by atoms with Gasteiger partial charge in [0.15, 0.2) is 0 Å². The summed E-state index contributed by atoms with van der Waals surface area (Å²) >= 11 is 0. The first-order valence-corrected chi connectivity index (χ1v) is 8.99. The molecular weight excluding hydrogens is 307 g/mol. The predicted octanol–water partition coefficient (Wildman–Crippen LogP) is 3.58. The molecule has 1 saturated heterocycles. The number of anilines is 1. The average molecular weight is 332 g/mol. The van der Waals surface area contributed by atoms with Gasteiger partial charge in [-0.3, -0.25) is 9.59 Å². The Labute approximate surface area is 142 Å². The van der Waals surface area contributed by atoms with Gasteiger partial charge in [0, 0.05) is 30.6 Å². The average Bonchev–Trinajstić information content (AvgIpc) is 2.62. The van der Waals surface area contributed by atoms with Crippen molar-refractivity contribution in [2.45, 2.75) is 44.9 Å². The Morgan fingerprint density at radius 1 is 1.00 bits per heavy atom. The van der Waals surface area contributed by atoms with Gasteiger partial charge in [0.1, 0.15) is 5.82 Å². The van der Waals surface area contributed by atoms with Gasteiger partial charge in [-0.15, -0.1) is 0 Å². The third-order valence-corrected chi connectivity index (χ3v) is 5.21. The highest BCUT2D eigenvalue weighted by Crippen LogP contribution is 2.31. The summed E-state index contributed by atoms with van der Waals surface area (Å²) in [6.45, 7) is 1.78. The molecule has 0 atom stereocenters. The number of carbonyl (C=O) groups excluding carboxylic acids is 2. The molecule has 3 rings (SSSR count). The number of hydrogen-bond acceptors (Lipinski definition) is 2. The van der Waals surface area contributed by atoms with Crippen molar-refractivity contribution in [1.82, 2.24) is 4.90 Å². The lowest BCUT2D eigenvalue weighted by Crippen LogP contribution is -2.41. The minimum absolute atomic E-state index is 0.0653. The fraction of sp³-hybridized carbons (Fsp3) is 0.579. The molecule has 0 unspecified atom stereocenters. The van der Waals surface area contributed by atoms with Crippen LogP contribution in [0.25, 0.3) is 0 Å². The van der Waals surface area contributed by atoms with Gasteiger partial charge in [-0.05, 0) is 63.1 Å². The number of piperidine rings is 1. The highest BCUT2D eigenvalue weighted by molar-refractivity contribution is 5.92. The zero-order valence-corrected chi connectivity index (χ0v) is 14.0.